The van der Waals surface area contributed by atoms with Gasteiger partial charge in [-0.05, 0) is 54.4 Å². The molecule has 1 unspecified atom stereocenters. The van der Waals surface area contributed by atoms with Crippen molar-refractivity contribution >= 4 is 43.2 Å². The Balaban J connectivity index is 1.91. The third-order valence-electron chi connectivity index (χ3n) is 4.76. The summed E-state index contributed by atoms with van der Waals surface area (Å²) in [5, 5.41) is 7.87. The Morgan fingerprint density at radius 1 is 1.00 bits per heavy atom. The second kappa shape index (κ2) is 10.5. The fourth-order valence-corrected chi connectivity index (χ4v) is 5.25. The molecule has 3 aromatic carbocycles. The van der Waals surface area contributed by atoms with E-state index in [1.165, 1.54) is 49.6 Å². The molecule has 180 valence electrons. The van der Waals surface area contributed by atoms with Crippen LogP contribution in [0.3, 0.4) is 0 Å². The number of hydrogen-bond donors (Lipinski definition) is 3. The van der Waals surface area contributed by atoms with Crippen molar-refractivity contribution in [2.45, 2.75) is 22.3 Å². The van der Waals surface area contributed by atoms with Crippen molar-refractivity contribution in [1.29, 1.82) is 0 Å². The van der Waals surface area contributed by atoms with Crippen molar-refractivity contribution in [3.05, 3.63) is 83.4 Å². The minimum absolute atomic E-state index is 0.0457. The number of methoxy groups -OCH3 is 1. The van der Waals surface area contributed by atoms with Gasteiger partial charge in [0, 0.05) is 10.7 Å². The van der Waals surface area contributed by atoms with E-state index in [1.807, 2.05) is 0 Å². The molecular weight excluding hydrogens is 502 g/mol. The molecule has 0 saturated heterocycles. The molecule has 1 amide bonds. The quantitative estimate of drug-likeness (QED) is 0.393. The number of anilines is 1. The molecule has 0 aliphatic rings. The summed E-state index contributed by atoms with van der Waals surface area (Å²) in [5.74, 6) is -0.592. The predicted molar refractivity (Wildman–Crippen MR) is 129 cm³/mol. The van der Waals surface area contributed by atoms with E-state index in [4.69, 9.17) is 21.5 Å². The number of nitrogens with one attached hydrogen (secondary N) is 2. The third kappa shape index (κ3) is 6.55. The zero-order valence-corrected chi connectivity index (χ0v) is 20.3. The first-order chi connectivity index (χ1) is 16.0. The fourth-order valence-electron chi connectivity index (χ4n) is 3.11. The Kier molecular flexibility index (Phi) is 7.95. The standard InChI is InChI=1S/C22H22ClN3O6S2/c1-32-20-12-7-16(23)14-21(20)34(30,31)26-19(13-15-5-3-2-4-6-15)22(27)25-17-8-10-18(11-9-17)33(24,28)29/h2-12,14,19,26H,13H2,1H3,(H,25,27)(H2,24,28,29). The van der Waals surface area contributed by atoms with Crippen molar-refractivity contribution in [2.24, 2.45) is 5.14 Å². The first-order valence-corrected chi connectivity index (χ1v) is 13.2. The van der Waals surface area contributed by atoms with Crippen LogP contribution in [-0.4, -0.2) is 35.9 Å². The van der Waals surface area contributed by atoms with Crippen LogP contribution >= 0.6 is 11.6 Å². The van der Waals surface area contributed by atoms with E-state index >= 15 is 0 Å². The van der Waals surface area contributed by atoms with Crippen LogP contribution in [0, 0.1) is 0 Å². The molecule has 3 rings (SSSR count). The Morgan fingerprint density at radius 3 is 2.24 bits per heavy atom. The van der Waals surface area contributed by atoms with E-state index < -0.39 is 32.0 Å². The number of hydrogen-bond acceptors (Lipinski definition) is 6. The van der Waals surface area contributed by atoms with Gasteiger partial charge in [0.05, 0.1) is 12.0 Å². The molecule has 4 N–H and O–H groups in total. The zero-order chi connectivity index (χ0) is 24.9. The SMILES string of the molecule is COc1ccc(Cl)cc1S(=O)(=O)NC(Cc1ccccc1)C(=O)Nc1ccc(S(N)(=O)=O)cc1. The van der Waals surface area contributed by atoms with E-state index in [9.17, 15) is 21.6 Å². The van der Waals surface area contributed by atoms with Gasteiger partial charge >= 0.3 is 0 Å². The second-order valence-electron chi connectivity index (χ2n) is 7.22. The van der Waals surface area contributed by atoms with Gasteiger partial charge in [0.2, 0.25) is 26.0 Å². The maximum Gasteiger partial charge on any atom is 0.245 e. The number of halogens is 1. The zero-order valence-electron chi connectivity index (χ0n) is 17.9. The number of rotatable bonds is 9. The Labute approximate surface area is 203 Å². The summed E-state index contributed by atoms with van der Waals surface area (Å²) in [7, 11) is -6.80. The first-order valence-electron chi connectivity index (χ1n) is 9.83. The number of primary sulfonamides is 1. The highest BCUT2D eigenvalue weighted by molar-refractivity contribution is 7.89. The molecule has 0 bridgehead atoms. The minimum atomic E-state index is -4.22. The highest BCUT2D eigenvalue weighted by Crippen LogP contribution is 2.27. The number of nitrogens with two attached hydrogens (primary N) is 1. The summed E-state index contributed by atoms with van der Waals surface area (Å²) in [6.45, 7) is 0. The lowest BCUT2D eigenvalue weighted by molar-refractivity contribution is -0.117. The van der Waals surface area contributed by atoms with Gasteiger partial charge in [-0.15, -0.1) is 0 Å². The molecule has 0 aromatic heterocycles. The summed E-state index contributed by atoms with van der Waals surface area (Å²) in [6, 6.07) is 16.9. The molecule has 9 nitrogen and oxygen atoms in total. The third-order valence-corrected chi connectivity index (χ3v) is 7.42. The number of carbonyl (C=O) groups is 1. The number of benzene rings is 3. The van der Waals surface area contributed by atoms with Crippen LogP contribution in [0.25, 0.3) is 0 Å². The summed E-state index contributed by atoms with van der Waals surface area (Å²) >= 11 is 5.98. The molecule has 0 heterocycles. The number of carbonyl (C=O) groups excluding carboxylic acids is 1. The lowest BCUT2D eigenvalue weighted by atomic mass is 10.1. The van der Waals surface area contributed by atoms with Gasteiger partial charge in [0.15, 0.2) is 0 Å². The second-order valence-corrected chi connectivity index (χ2v) is 10.9. The van der Waals surface area contributed by atoms with E-state index in [0.29, 0.717) is 5.56 Å². The van der Waals surface area contributed by atoms with Gasteiger partial charge in [-0.25, -0.2) is 22.0 Å². The summed E-state index contributed by atoms with van der Waals surface area (Å²) in [5.41, 5.74) is 0.975. The van der Waals surface area contributed by atoms with Crippen LogP contribution < -0.4 is 19.9 Å². The van der Waals surface area contributed by atoms with Gasteiger partial charge in [0.25, 0.3) is 0 Å². The van der Waals surface area contributed by atoms with Crippen LogP contribution in [0.15, 0.2) is 82.6 Å². The maximum absolute atomic E-state index is 13.2. The maximum atomic E-state index is 13.2. The molecule has 0 radical (unpaired) electrons. The topological polar surface area (TPSA) is 145 Å². The molecule has 1 atom stereocenters. The molecule has 0 aliphatic carbocycles. The Bertz CT molecular complexity index is 1380. The molecule has 0 saturated carbocycles. The van der Waals surface area contributed by atoms with Crippen molar-refractivity contribution in [2.75, 3.05) is 12.4 Å². The largest absolute Gasteiger partial charge is 0.495 e. The van der Waals surface area contributed by atoms with Crippen LogP contribution in [0.4, 0.5) is 5.69 Å². The number of sulfonamides is 2. The molecule has 0 fully saturated rings. The monoisotopic (exact) mass is 523 g/mol. The van der Waals surface area contributed by atoms with Crippen molar-refractivity contribution in [3.63, 3.8) is 0 Å². The van der Waals surface area contributed by atoms with E-state index in [1.54, 1.807) is 30.3 Å². The van der Waals surface area contributed by atoms with Crippen LogP contribution in [-0.2, 0) is 31.3 Å². The molecule has 3 aromatic rings. The van der Waals surface area contributed by atoms with Crippen molar-refractivity contribution in [1.82, 2.24) is 4.72 Å². The van der Waals surface area contributed by atoms with Gasteiger partial charge in [-0.3, -0.25) is 4.79 Å². The van der Waals surface area contributed by atoms with Gasteiger partial charge < -0.3 is 10.1 Å². The van der Waals surface area contributed by atoms with Gasteiger partial charge in [-0.1, -0.05) is 41.9 Å². The molecule has 0 spiro atoms. The van der Waals surface area contributed by atoms with Gasteiger partial charge in [0.1, 0.15) is 16.7 Å². The van der Waals surface area contributed by atoms with E-state index in [2.05, 4.69) is 10.0 Å². The van der Waals surface area contributed by atoms with E-state index in [0.717, 1.165) is 0 Å². The average molecular weight is 524 g/mol. The van der Waals surface area contributed by atoms with E-state index in [-0.39, 0.29) is 32.7 Å². The fraction of sp³-hybridized carbons (Fsp3) is 0.136. The lowest BCUT2D eigenvalue weighted by Crippen LogP contribution is -2.45. The Morgan fingerprint density at radius 2 is 1.65 bits per heavy atom. The molecule has 0 aliphatic heterocycles. The predicted octanol–water partition coefficient (Wildman–Crippen LogP) is 2.52. The Hall–Kier alpha value is -2.96. The van der Waals surface area contributed by atoms with Crippen LogP contribution in [0.5, 0.6) is 5.75 Å². The van der Waals surface area contributed by atoms with Crippen LogP contribution in [0.2, 0.25) is 5.02 Å². The van der Waals surface area contributed by atoms with Crippen molar-refractivity contribution < 1.29 is 26.4 Å². The molecular formula is C22H22ClN3O6S2. The van der Waals surface area contributed by atoms with Gasteiger partial charge in [-0.2, -0.15) is 4.72 Å². The smallest absolute Gasteiger partial charge is 0.245 e. The summed E-state index contributed by atoms with van der Waals surface area (Å²) in [4.78, 5) is 12.7. The van der Waals surface area contributed by atoms with Crippen molar-refractivity contribution in [3.8, 4) is 5.75 Å². The first kappa shape index (κ1) is 25.7. The van der Waals surface area contributed by atoms with Crippen LogP contribution in [0.1, 0.15) is 5.56 Å². The minimum Gasteiger partial charge on any atom is -0.495 e. The number of ether oxygens (including phenoxy) is 1. The normalized spacial score (nSPS) is 12.7. The lowest BCUT2D eigenvalue weighted by Gasteiger charge is -2.20. The highest BCUT2D eigenvalue weighted by Gasteiger charge is 2.28. The highest BCUT2D eigenvalue weighted by atomic mass is 35.5. The molecule has 12 heteroatoms. The summed E-state index contributed by atoms with van der Waals surface area (Å²) < 4.78 is 56.8. The number of amides is 1. The summed E-state index contributed by atoms with van der Waals surface area (Å²) in [6.07, 6.45) is 0.0457. The average Bonchev–Trinajstić information content (AvgIpc) is 2.79. The molecule has 34 heavy (non-hydrogen) atoms.